The third-order valence-corrected chi connectivity index (χ3v) is 5.01. The molecule has 1 aromatic carbocycles. The van der Waals surface area contributed by atoms with Crippen molar-refractivity contribution in [1.82, 2.24) is 15.3 Å². The van der Waals surface area contributed by atoms with Crippen LogP contribution in [-0.4, -0.2) is 28.0 Å². The lowest BCUT2D eigenvalue weighted by Gasteiger charge is -2.17. The third kappa shape index (κ3) is 2.87. The van der Waals surface area contributed by atoms with Crippen LogP contribution < -0.4 is 11.0 Å². The molecule has 2 unspecified atom stereocenters. The van der Waals surface area contributed by atoms with Crippen LogP contribution >= 0.6 is 11.8 Å². The Balaban J connectivity index is 1.69. The molecule has 19 heavy (non-hydrogen) atoms. The molecule has 0 radical (unpaired) electrons. The summed E-state index contributed by atoms with van der Waals surface area (Å²) in [6.07, 6.45) is 1.33. The summed E-state index contributed by atoms with van der Waals surface area (Å²) < 4.78 is 0. The van der Waals surface area contributed by atoms with Crippen LogP contribution in [0.25, 0.3) is 11.0 Å². The van der Waals surface area contributed by atoms with Gasteiger partial charge in [0.1, 0.15) is 0 Å². The lowest BCUT2D eigenvalue weighted by Crippen LogP contribution is -2.25. The number of rotatable bonds is 4. The number of thioether (sulfide) groups is 1. The van der Waals surface area contributed by atoms with Crippen molar-refractivity contribution in [1.29, 1.82) is 0 Å². The van der Waals surface area contributed by atoms with E-state index in [4.69, 9.17) is 0 Å². The van der Waals surface area contributed by atoms with Gasteiger partial charge in [-0.25, -0.2) is 4.79 Å². The number of benzene rings is 1. The molecule has 102 valence electrons. The van der Waals surface area contributed by atoms with E-state index in [0.717, 1.165) is 23.5 Å². The molecule has 2 aromatic rings. The Labute approximate surface area is 116 Å². The number of H-pyrrole nitrogens is 2. The van der Waals surface area contributed by atoms with Crippen LogP contribution in [-0.2, 0) is 0 Å². The van der Waals surface area contributed by atoms with E-state index in [1.54, 1.807) is 0 Å². The first kappa shape index (κ1) is 12.8. The first-order chi connectivity index (χ1) is 9.22. The van der Waals surface area contributed by atoms with Crippen LogP contribution in [0.2, 0.25) is 0 Å². The molecule has 1 saturated heterocycles. The maximum Gasteiger partial charge on any atom is 0.323 e. The molecule has 0 bridgehead atoms. The van der Waals surface area contributed by atoms with Gasteiger partial charge in [0.2, 0.25) is 0 Å². The summed E-state index contributed by atoms with van der Waals surface area (Å²) in [6.45, 7) is 3.25. The zero-order valence-corrected chi connectivity index (χ0v) is 11.8. The molecule has 1 fully saturated rings. The maximum absolute atomic E-state index is 11.2. The second-order valence-corrected chi connectivity index (χ2v) is 6.39. The summed E-state index contributed by atoms with van der Waals surface area (Å²) in [5, 5.41) is 3.60. The zero-order valence-electron chi connectivity index (χ0n) is 11.0. The van der Waals surface area contributed by atoms with Crippen LogP contribution in [0.4, 0.5) is 0 Å². The van der Waals surface area contributed by atoms with Crippen molar-refractivity contribution in [2.24, 2.45) is 5.92 Å². The van der Waals surface area contributed by atoms with Crippen molar-refractivity contribution in [2.75, 3.05) is 18.1 Å². The quantitative estimate of drug-likeness (QED) is 0.803. The first-order valence-corrected chi connectivity index (χ1v) is 7.91. The number of fused-ring (bicyclic) bond motifs is 1. The molecule has 1 aliphatic rings. The highest BCUT2D eigenvalue weighted by Crippen LogP contribution is 2.24. The van der Waals surface area contributed by atoms with Gasteiger partial charge in [-0.3, -0.25) is 0 Å². The molecular formula is C14H19N3OS. The maximum atomic E-state index is 11.2. The van der Waals surface area contributed by atoms with Gasteiger partial charge in [0.25, 0.3) is 0 Å². The Bertz CT molecular complexity index is 612. The van der Waals surface area contributed by atoms with Crippen molar-refractivity contribution in [3.05, 3.63) is 34.2 Å². The van der Waals surface area contributed by atoms with Gasteiger partial charge in [-0.05, 0) is 55.0 Å². The molecule has 0 amide bonds. The average Bonchev–Trinajstić information content (AvgIpc) is 3.02. The summed E-state index contributed by atoms with van der Waals surface area (Å²) in [7, 11) is 0. The third-order valence-electron chi connectivity index (χ3n) is 3.78. The minimum absolute atomic E-state index is 0.143. The number of nitrogens with one attached hydrogen (secondary N) is 3. The molecule has 5 heteroatoms. The molecule has 2 heterocycles. The van der Waals surface area contributed by atoms with E-state index in [-0.39, 0.29) is 5.69 Å². The molecular weight excluding hydrogens is 258 g/mol. The van der Waals surface area contributed by atoms with Crippen LogP contribution in [0.15, 0.2) is 23.0 Å². The lowest BCUT2D eigenvalue weighted by molar-refractivity contribution is 0.478. The Kier molecular flexibility index (Phi) is 3.66. The van der Waals surface area contributed by atoms with E-state index in [1.807, 2.05) is 12.1 Å². The summed E-state index contributed by atoms with van der Waals surface area (Å²) in [5.74, 6) is 3.39. The van der Waals surface area contributed by atoms with Gasteiger partial charge in [0.05, 0.1) is 11.0 Å². The van der Waals surface area contributed by atoms with Gasteiger partial charge in [-0.1, -0.05) is 6.07 Å². The van der Waals surface area contributed by atoms with E-state index in [2.05, 4.69) is 40.0 Å². The van der Waals surface area contributed by atoms with Crippen molar-refractivity contribution in [3.8, 4) is 0 Å². The second-order valence-electron chi connectivity index (χ2n) is 5.24. The van der Waals surface area contributed by atoms with Gasteiger partial charge in [-0.2, -0.15) is 11.8 Å². The Morgan fingerprint density at radius 1 is 1.42 bits per heavy atom. The van der Waals surface area contributed by atoms with Crippen LogP contribution in [0.1, 0.15) is 24.9 Å². The monoisotopic (exact) mass is 277 g/mol. The van der Waals surface area contributed by atoms with Crippen molar-refractivity contribution < 1.29 is 0 Å². The van der Waals surface area contributed by atoms with Crippen molar-refractivity contribution in [2.45, 2.75) is 19.4 Å². The molecule has 4 nitrogen and oxygen atoms in total. The predicted molar refractivity (Wildman–Crippen MR) is 80.8 cm³/mol. The van der Waals surface area contributed by atoms with E-state index in [0.29, 0.717) is 6.04 Å². The fourth-order valence-electron chi connectivity index (χ4n) is 2.53. The minimum atomic E-state index is -0.143. The van der Waals surface area contributed by atoms with Crippen LogP contribution in [0.3, 0.4) is 0 Å². The Hall–Kier alpha value is -1.20. The number of aromatic amines is 2. The fourth-order valence-corrected chi connectivity index (χ4v) is 3.81. The zero-order chi connectivity index (χ0) is 13.2. The molecule has 3 N–H and O–H groups in total. The highest BCUT2D eigenvalue weighted by atomic mass is 32.2. The van der Waals surface area contributed by atoms with Gasteiger partial charge in [-0.15, -0.1) is 0 Å². The smallest absolute Gasteiger partial charge is 0.310 e. The summed E-state index contributed by atoms with van der Waals surface area (Å²) >= 11 is 2.05. The average molecular weight is 277 g/mol. The topological polar surface area (TPSA) is 60.7 Å². The first-order valence-electron chi connectivity index (χ1n) is 6.75. The minimum Gasteiger partial charge on any atom is -0.310 e. The van der Waals surface area contributed by atoms with Gasteiger partial charge >= 0.3 is 5.69 Å². The lowest BCUT2D eigenvalue weighted by atomic mass is 10.1. The van der Waals surface area contributed by atoms with E-state index < -0.39 is 0 Å². The summed E-state index contributed by atoms with van der Waals surface area (Å²) in [4.78, 5) is 16.8. The van der Waals surface area contributed by atoms with Crippen LogP contribution in [0.5, 0.6) is 0 Å². The number of hydrogen-bond acceptors (Lipinski definition) is 3. The summed E-state index contributed by atoms with van der Waals surface area (Å²) in [6, 6.07) is 6.40. The number of imidazole rings is 1. The Morgan fingerprint density at radius 3 is 3.05 bits per heavy atom. The molecule has 0 spiro atoms. The van der Waals surface area contributed by atoms with E-state index in [9.17, 15) is 4.79 Å². The highest BCUT2D eigenvalue weighted by molar-refractivity contribution is 7.99. The summed E-state index contributed by atoms with van der Waals surface area (Å²) in [5.41, 5.74) is 2.82. The molecule has 2 atom stereocenters. The number of hydrogen-bond donors (Lipinski definition) is 3. The molecule has 1 aliphatic heterocycles. The SMILES string of the molecule is CC(NCC1CCSC1)c1ccc2[nH]c(=O)[nH]c2c1. The van der Waals surface area contributed by atoms with Gasteiger partial charge in [0, 0.05) is 6.04 Å². The van der Waals surface area contributed by atoms with E-state index in [1.165, 1.54) is 23.5 Å². The van der Waals surface area contributed by atoms with Crippen molar-refractivity contribution in [3.63, 3.8) is 0 Å². The largest absolute Gasteiger partial charge is 0.323 e. The van der Waals surface area contributed by atoms with Gasteiger partial charge < -0.3 is 15.3 Å². The Morgan fingerprint density at radius 2 is 2.26 bits per heavy atom. The fraction of sp³-hybridized carbons (Fsp3) is 0.500. The second kappa shape index (κ2) is 5.43. The molecule has 3 rings (SSSR count). The molecule has 1 aromatic heterocycles. The van der Waals surface area contributed by atoms with E-state index >= 15 is 0 Å². The highest BCUT2D eigenvalue weighted by Gasteiger charge is 2.16. The van der Waals surface area contributed by atoms with Crippen molar-refractivity contribution >= 4 is 22.8 Å². The normalized spacial score (nSPS) is 21.0. The number of aromatic nitrogens is 2. The molecule has 0 saturated carbocycles. The van der Waals surface area contributed by atoms with Crippen LogP contribution in [0, 0.1) is 5.92 Å². The predicted octanol–water partition coefficient (Wildman–Crippen LogP) is 2.26. The van der Waals surface area contributed by atoms with Gasteiger partial charge in [0.15, 0.2) is 0 Å². The standard InChI is InChI=1S/C14H19N3OS/c1-9(15-7-10-4-5-19-8-10)11-2-3-12-13(6-11)17-14(18)16-12/h2-3,6,9-10,15H,4-5,7-8H2,1H3,(H2,16,17,18). The molecule has 0 aliphatic carbocycles.